The first-order chi connectivity index (χ1) is 12.7. The maximum Gasteiger partial charge on any atom is 1.00 e. The molecule has 0 saturated carbocycles. The fourth-order valence-electron chi connectivity index (χ4n) is 2.20. The van der Waals surface area contributed by atoms with Gasteiger partial charge in [0.15, 0.2) is 16.0 Å². The topological polar surface area (TPSA) is 192 Å². The number of nitrogens with two attached hydrogens (primary N) is 1. The van der Waals surface area contributed by atoms with E-state index >= 15 is 0 Å². The number of carbonyl (C=O) groups is 2. The Bertz CT molecular complexity index is 949. The molecular formula is C12H18N5NaO8S3. The summed E-state index contributed by atoms with van der Waals surface area (Å²) in [6.45, 7) is 2.68. The van der Waals surface area contributed by atoms with Crippen LogP contribution in [0.3, 0.4) is 0 Å². The monoisotopic (exact) mass is 479 g/mol. The number of hydrogen-bond donors (Lipinski definition) is 2. The number of thioether (sulfide) groups is 1. The van der Waals surface area contributed by atoms with Gasteiger partial charge in [-0.15, -0.1) is 0 Å². The number of β-lactam (4-membered cyclic amide) rings is 1. The zero-order valence-electron chi connectivity index (χ0n) is 15.9. The first-order valence-electron chi connectivity index (χ1n) is 7.66. The SMILES string of the molecule is CC(C)ON=C(C(=O)NC1CN(S(=O)(=O)[O-])C1=O)C1=CSC(N)N1S(C)(=O)=O.[Na+]. The molecule has 3 N–H and O–H groups in total. The van der Waals surface area contributed by atoms with E-state index in [1.807, 2.05) is 0 Å². The van der Waals surface area contributed by atoms with Gasteiger partial charge in [0.1, 0.15) is 17.6 Å². The van der Waals surface area contributed by atoms with Gasteiger partial charge in [-0.1, -0.05) is 16.9 Å². The van der Waals surface area contributed by atoms with E-state index in [9.17, 15) is 31.0 Å². The van der Waals surface area contributed by atoms with Gasteiger partial charge in [0.25, 0.3) is 11.8 Å². The summed E-state index contributed by atoms with van der Waals surface area (Å²) in [6, 6.07) is -1.28. The van der Waals surface area contributed by atoms with Crippen molar-refractivity contribution in [2.75, 3.05) is 12.8 Å². The molecule has 0 aromatic heterocycles. The third-order valence-corrected chi connectivity index (χ3v) is 6.41. The normalized spacial score (nSPS) is 22.8. The molecule has 2 aliphatic rings. The molecule has 13 nitrogen and oxygen atoms in total. The van der Waals surface area contributed by atoms with Crippen LogP contribution in [-0.4, -0.2) is 78.0 Å². The number of nitrogens with one attached hydrogen (secondary N) is 1. The maximum atomic E-state index is 12.6. The van der Waals surface area contributed by atoms with Gasteiger partial charge in [-0.2, -0.15) is 0 Å². The van der Waals surface area contributed by atoms with E-state index in [2.05, 4.69) is 10.5 Å². The summed E-state index contributed by atoms with van der Waals surface area (Å²) in [5.74, 6) is -2.12. The Morgan fingerprint density at radius 2 is 2.00 bits per heavy atom. The largest absolute Gasteiger partial charge is 1.00 e. The fourth-order valence-corrected chi connectivity index (χ4v) is 5.16. The minimum absolute atomic E-state index is 0. The Hall–Kier alpha value is -0.880. The van der Waals surface area contributed by atoms with E-state index in [1.54, 1.807) is 13.8 Å². The number of sulfonamides is 1. The Labute approximate surface area is 194 Å². The van der Waals surface area contributed by atoms with E-state index in [1.165, 1.54) is 5.41 Å². The zero-order valence-corrected chi connectivity index (χ0v) is 20.4. The number of hydrogen-bond acceptors (Lipinski definition) is 11. The van der Waals surface area contributed by atoms with Crippen molar-refractivity contribution in [3.8, 4) is 0 Å². The molecule has 2 aliphatic heterocycles. The van der Waals surface area contributed by atoms with Crippen molar-refractivity contribution >= 4 is 49.6 Å². The predicted octanol–water partition coefficient (Wildman–Crippen LogP) is -5.35. The molecule has 0 bridgehead atoms. The molecule has 29 heavy (non-hydrogen) atoms. The minimum atomic E-state index is -4.97. The summed E-state index contributed by atoms with van der Waals surface area (Å²) in [6.07, 6.45) is 0.432. The van der Waals surface area contributed by atoms with Gasteiger partial charge < -0.3 is 20.4 Å². The van der Waals surface area contributed by atoms with E-state index in [4.69, 9.17) is 10.6 Å². The molecule has 158 valence electrons. The molecule has 2 amide bonds. The fraction of sp³-hybridized carbons (Fsp3) is 0.583. The minimum Gasteiger partial charge on any atom is -0.731 e. The number of amides is 2. The molecule has 0 aromatic rings. The summed E-state index contributed by atoms with van der Waals surface area (Å²) in [4.78, 5) is 29.4. The van der Waals surface area contributed by atoms with E-state index in [0.717, 1.165) is 22.3 Å². The smallest absolute Gasteiger partial charge is 0.731 e. The zero-order chi connectivity index (χ0) is 21.4. The molecule has 0 radical (unpaired) electrons. The number of carbonyl (C=O) groups excluding carboxylic acids is 2. The number of rotatable bonds is 7. The van der Waals surface area contributed by atoms with Crippen molar-refractivity contribution < 1.29 is 65.4 Å². The first-order valence-corrected chi connectivity index (χ1v) is 11.8. The Morgan fingerprint density at radius 1 is 1.41 bits per heavy atom. The number of nitrogens with zero attached hydrogens (tertiary/aromatic N) is 3. The summed E-state index contributed by atoms with van der Waals surface area (Å²) in [7, 11) is -8.84. The van der Waals surface area contributed by atoms with Crippen LogP contribution in [0.5, 0.6) is 0 Å². The average molecular weight is 479 g/mol. The molecule has 0 aliphatic carbocycles. The van der Waals surface area contributed by atoms with Gasteiger partial charge in [0.05, 0.1) is 18.5 Å². The predicted molar refractivity (Wildman–Crippen MR) is 97.3 cm³/mol. The molecule has 2 unspecified atom stereocenters. The van der Waals surface area contributed by atoms with Crippen LogP contribution < -0.4 is 40.6 Å². The Morgan fingerprint density at radius 3 is 2.45 bits per heavy atom. The second kappa shape index (κ2) is 9.51. The summed E-state index contributed by atoms with van der Waals surface area (Å²) in [5.41, 5.74) is 4.07. The Balaban J connectivity index is 0.00000420. The first kappa shape index (κ1) is 26.2. The third kappa shape index (κ3) is 6.06. The molecule has 2 rings (SSSR count). The second-order valence-electron chi connectivity index (χ2n) is 6.04. The molecule has 1 fully saturated rings. The van der Waals surface area contributed by atoms with Crippen LogP contribution in [0.15, 0.2) is 16.3 Å². The third-order valence-electron chi connectivity index (χ3n) is 3.43. The van der Waals surface area contributed by atoms with Crippen LogP contribution in [-0.2, 0) is 34.8 Å². The quantitative estimate of drug-likeness (QED) is 0.117. The van der Waals surface area contributed by atoms with Crippen LogP contribution in [0.4, 0.5) is 0 Å². The van der Waals surface area contributed by atoms with Crippen molar-refractivity contribution in [1.29, 1.82) is 0 Å². The van der Waals surface area contributed by atoms with Gasteiger partial charge in [-0.05, 0) is 13.8 Å². The van der Waals surface area contributed by atoms with Crippen LogP contribution in [0.1, 0.15) is 13.8 Å². The van der Waals surface area contributed by atoms with Crippen molar-refractivity contribution in [1.82, 2.24) is 13.9 Å². The van der Waals surface area contributed by atoms with Crippen molar-refractivity contribution in [3.05, 3.63) is 11.1 Å². The van der Waals surface area contributed by atoms with E-state index in [0.29, 0.717) is 0 Å². The molecule has 1 saturated heterocycles. The van der Waals surface area contributed by atoms with Gasteiger partial charge in [-0.3, -0.25) is 9.59 Å². The molecule has 0 aromatic carbocycles. The van der Waals surface area contributed by atoms with Crippen molar-refractivity contribution in [3.63, 3.8) is 0 Å². The van der Waals surface area contributed by atoms with Crippen molar-refractivity contribution in [2.24, 2.45) is 10.9 Å². The number of oxime groups is 1. The van der Waals surface area contributed by atoms with E-state index < -0.39 is 62.0 Å². The standard InChI is InChI=1S/C12H19N5O8S3.Na/c1-6(2)25-15-9(8-5-26-12(13)17(8)27(3,20)21)10(18)14-7-4-16(11(7)19)28(22,23)24;/h5-7,12H,4,13H2,1-3H3,(H,14,18)(H,22,23,24);/q;+1/p-1. The van der Waals surface area contributed by atoms with Crippen molar-refractivity contribution in [2.45, 2.75) is 31.5 Å². The molecule has 2 atom stereocenters. The van der Waals surface area contributed by atoms with Crippen LogP contribution in [0.2, 0.25) is 0 Å². The van der Waals surface area contributed by atoms with E-state index in [-0.39, 0.29) is 39.6 Å². The maximum absolute atomic E-state index is 12.6. The second-order valence-corrected chi connectivity index (χ2v) is 10.2. The average Bonchev–Trinajstić information content (AvgIpc) is 2.91. The van der Waals surface area contributed by atoms with Gasteiger partial charge in [-0.25, -0.2) is 25.4 Å². The molecule has 0 spiro atoms. The van der Waals surface area contributed by atoms with Gasteiger partial charge in [0, 0.05) is 5.41 Å². The van der Waals surface area contributed by atoms with Crippen LogP contribution >= 0.6 is 11.8 Å². The molecule has 2 heterocycles. The summed E-state index contributed by atoms with van der Waals surface area (Å²) < 4.78 is 57.4. The van der Waals surface area contributed by atoms with Crippen LogP contribution in [0, 0.1) is 0 Å². The molecule has 17 heteroatoms. The van der Waals surface area contributed by atoms with Gasteiger partial charge in [0.2, 0.25) is 10.0 Å². The summed E-state index contributed by atoms with van der Waals surface area (Å²) >= 11 is 0.914. The molecular weight excluding hydrogens is 461 g/mol. The van der Waals surface area contributed by atoms with Crippen LogP contribution in [0.25, 0.3) is 0 Å². The van der Waals surface area contributed by atoms with Gasteiger partial charge >= 0.3 is 29.6 Å². The Kier molecular flexibility index (Phi) is 8.57. The summed E-state index contributed by atoms with van der Waals surface area (Å²) in [5, 5.41) is 7.16.